The number of rotatable bonds is 5. The highest BCUT2D eigenvalue weighted by Gasteiger charge is 2.31. The van der Waals surface area contributed by atoms with Crippen LogP contribution >= 0.6 is 0 Å². The summed E-state index contributed by atoms with van der Waals surface area (Å²) in [5.41, 5.74) is 1.68. The summed E-state index contributed by atoms with van der Waals surface area (Å²) in [6, 6.07) is 22.5. The molecule has 0 bridgehead atoms. The van der Waals surface area contributed by atoms with Crippen LogP contribution in [0.3, 0.4) is 0 Å². The quantitative estimate of drug-likeness (QED) is 0.659. The van der Waals surface area contributed by atoms with Crippen molar-refractivity contribution in [3.05, 3.63) is 102 Å². The van der Waals surface area contributed by atoms with Crippen molar-refractivity contribution in [1.82, 2.24) is 5.32 Å². The highest BCUT2D eigenvalue weighted by atomic mass is 19.1. The number of benzene rings is 3. The van der Waals surface area contributed by atoms with Crippen LogP contribution < -0.4 is 15.0 Å². The van der Waals surface area contributed by atoms with Crippen molar-refractivity contribution in [2.24, 2.45) is 0 Å². The normalized spacial score (nSPS) is 14.2. The number of para-hydroxylation sites is 2. The van der Waals surface area contributed by atoms with Crippen LogP contribution in [0.4, 0.5) is 10.1 Å². The topological polar surface area (TPSA) is 58.6 Å². The molecule has 0 aliphatic carbocycles. The van der Waals surface area contributed by atoms with Crippen LogP contribution in [0.15, 0.2) is 84.6 Å². The molecule has 0 spiro atoms. The molecule has 4 rings (SSSR count). The maximum Gasteiger partial charge on any atom is 0.294 e. The Balaban J connectivity index is 1.57. The van der Waals surface area contributed by atoms with Gasteiger partial charge >= 0.3 is 0 Å². The molecule has 150 valence electrons. The second-order valence-electron chi connectivity index (χ2n) is 6.75. The zero-order valence-corrected chi connectivity index (χ0v) is 16.0. The SMILES string of the molecule is O=C(CN1C(=O)C(=Cc2ccccc2F)Oc2ccccc21)NCc1ccccc1. The first kappa shape index (κ1) is 19.4. The van der Waals surface area contributed by atoms with Crippen molar-refractivity contribution in [2.45, 2.75) is 6.54 Å². The highest BCUT2D eigenvalue weighted by Crippen LogP contribution is 2.35. The molecule has 0 atom stereocenters. The third kappa shape index (κ3) is 4.22. The van der Waals surface area contributed by atoms with Crippen molar-refractivity contribution in [1.29, 1.82) is 0 Å². The van der Waals surface area contributed by atoms with E-state index in [1.165, 1.54) is 17.0 Å². The van der Waals surface area contributed by atoms with Crippen LogP contribution in [-0.2, 0) is 16.1 Å². The average Bonchev–Trinajstić information content (AvgIpc) is 2.77. The molecule has 1 N–H and O–H groups in total. The second kappa shape index (κ2) is 8.61. The first-order valence-corrected chi connectivity index (χ1v) is 9.47. The Hall–Kier alpha value is -3.93. The van der Waals surface area contributed by atoms with Gasteiger partial charge in [-0.05, 0) is 29.8 Å². The van der Waals surface area contributed by atoms with Crippen LogP contribution in [0.1, 0.15) is 11.1 Å². The number of amides is 2. The van der Waals surface area contributed by atoms with Gasteiger partial charge in [-0.15, -0.1) is 0 Å². The number of fused-ring (bicyclic) bond motifs is 1. The fourth-order valence-corrected chi connectivity index (χ4v) is 3.15. The molecule has 0 fully saturated rings. The number of anilines is 1. The van der Waals surface area contributed by atoms with Crippen molar-refractivity contribution >= 4 is 23.6 Å². The lowest BCUT2D eigenvalue weighted by Gasteiger charge is -2.30. The van der Waals surface area contributed by atoms with E-state index in [1.807, 2.05) is 30.3 Å². The van der Waals surface area contributed by atoms with Gasteiger partial charge < -0.3 is 10.1 Å². The number of nitrogens with zero attached hydrogens (tertiary/aromatic N) is 1. The Bertz CT molecular complexity index is 1110. The Kier molecular flexibility index (Phi) is 5.57. The van der Waals surface area contributed by atoms with E-state index in [0.29, 0.717) is 18.0 Å². The van der Waals surface area contributed by atoms with Crippen molar-refractivity contribution in [2.75, 3.05) is 11.4 Å². The summed E-state index contributed by atoms with van der Waals surface area (Å²) in [6.45, 7) is 0.179. The van der Waals surface area contributed by atoms with Gasteiger partial charge in [0.25, 0.3) is 5.91 Å². The van der Waals surface area contributed by atoms with E-state index in [9.17, 15) is 14.0 Å². The van der Waals surface area contributed by atoms with Gasteiger partial charge in [-0.1, -0.05) is 60.7 Å². The van der Waals surface area contributed by atoms with Crippen molar-refractivity contribution in [3.63, 3.8) is 0 Å². The monoisotopic (exact) mass is 402 g/mol. The van der Waals surface area contributed by atoms with Gasteiger partial charge in [-0.2, -0.15) is 0 Å². The fourth-order valence-electron chi connectivity index (χ4n) is 3.15. The van der Waals surface area contributed by atoms with E-state index >= 15 is 0 Å². The Morgan fingerprint density at radius 3 is 2.47 bits per heavy atom. The van der Waals surface area contributed by atoms with E-state index < -0.39 is 11.7 Å². The Morgan fingerprint density at radius 2 is 1.67 bits per heavy atom. The van der Waals surface area contributed by atoms with Gasteiger partial charge in [-0.25, -0.2) is 4.39 Å². The van der Waals surface area contributed by atoms with Gasteiger partial charge in [0.15, 0.2) is 11.5 Å². The van der Waals surface area contributed by atoms with E-state index in [4.69, 9.17) is 4.74 Å². The van der Waals surface area contributed by atoms with E-state index in [0.717, 1.165) is 5.56 Å². The molecule has 1 aliphatic rings. The molecule has 2 amide bonds. The lowest BCUT2D eigenvalue weighted by molar-refractivity contribution is -0.123. The summed E-state index contributed by atoms with van der Waals surface area (Å²) in [4.78, 5) is 26.9. The predicted molar refractivity (Wildman–Crippen MR) is 112 cm³/mol. The third-order valence-electron chi connectivity index (χ3n) is 4.66. The largest absolute Gasteiger partial charge is 0.449 e. The van der Waals surface area contributed by atoms with Crippen LogP contribution in [0.5, 0.6) is 5.75 Å². The van der Waals surface area contributed by atoms with Crippen molar-refractivity contribution < 1.29 is 18.7 Å². The van der Waals surface area contributed by atoms with Gasteiger partial charge in [0.1, 0.15) is 12.4 Å². The zero-order valence-electron chi connectivity index (χ0n) is 16.0. The van der Waals surface area contributed by atoms with E-state index in [1.54, 1.807) is 42.5 Å². The molecule has 1 aliphatic heterocycles. The molecule has 6 heteroatoms. The molecule has 0 aromatic heterocycles. The maximum absolute atomic E-state index is 14.0. The summed E-state index contributed by atoms with van der Waals surface area (Å²) in [7, 11) is 0. The molecular weight excluding hydrogens is 383 g/mol. The molecular formula is C24H19FN2O3. The van der Waals surface area contributed by atoms with Gasteiger partial charge in [0, 0.05) is 12.1 Å². The number of ether oxygens (including phenoxy) is 1. The molecule has 0 saturated heterocycles. The van der Waals surface area contributed by atoms with Gasteiger partial charge in [0.05, 0.1) is 5.69 Å². The molecule has 3 aromatic rings. The molecule has 0 unspecified atom stereocenters. The number of carbonyl (C=O) groups is 2. The molecule has 0 saturated carbocycles. The summed E-state index contributed by atoms with van der Waals surface area (Å²) in [6.07, 6.45) is 1.35. The maximum atomic E-state index is 14.0. The lowest BCUT2D eigenvalue weighted by Crippen LogP contribution is -2.44. The Labute approximate surface area is 173 Å². The summed E-state index contributed by atoms with van der Waals surface area (Å²) >= 11 is 0. The standard InChI is InChI=1S/C24H19FN2O3/c25-19-11-5-4-10-18(19)14-22-24(29)27(20-12-6-7-13-21(20)30-22)16-23(28)26-15-17-8-2-1-3-9-17/h1-14H,15-16H2,(H,26,28). The van der Waals surface area contributed by atoms with Crippen molar-refractivity contribution in [3.8, 4) is 5.75 Å². The lowest BCUT2D eigenvalue weighted by atomic mass is 10.1. The predicted octanol–water partition coefficient (Wildman–Crippen LogP) is 3.91. The highest BCUT2D eigenvalue weighted by molar-refractivity contribution is 6.12. The van der Waals surface area contributed by atoms with E-state index in [2.05, 4.69) is 5.32 Å². The van der Waals surface area contributed by atoms with Crippen LogP contribution in [0.2, 0.25) is 0 Å². The summed E-state index contributed by atoms with van der Waals surface area (Å²) < 4.78 is 19.8. The average molecular weight is 402 g/mol. The number of carbonyl (C=O) groups excluding carboxylic acids is 2. The minimum absolute atomic E-state index is 0.0466. The molecule has 0 radical (unpaired) electrons. The first-order valence-electron chi connectivity index (χ1n) is 9.47. The zero-order chi connectivity index (χ0) is 20.9. The summed E-state index contributed by atoms with van der Waals surface area (Å²) in [5, 5.41) is 2.82. The van der Waals surface area contributed by atoms with Crippen LogP contribution in [0, 0.1) is 5.82 Å². The number of hydrogen-bond donors (Lipinski definition) is 1. The number of hydrogen-bond acceptors (Lipinski definition) is 3. The van der Waals surface area contributed by atoms with Crippen LogP contribution in [0.25, 0.3) is 6.08 Å². The first-order chi connectivity index (χ1) is 14.6. The van der Waals surface area contributed by atoms with E-state index in [-0.39, 0.29) is 23.8 Å². The number of halogens is 1. The minimum Gasteiger partial charge on any atom is -0.449 e. The smallest absolute Gasteiger partial charge is 0.294 e. The Morgan fingerprint density at radius 1 is 0.967 bits per heavy atom. The van der Waals surface area contributed by atoms with Gasteiger partial charge in [-0.3, -0.25) is 14.5 Å². The summed E-state index contributed by atoms with van der Waals surface area (Å²) in [5.74, 6) is -0.904. The molecule has 1 heterocycles. The minimum atomic E-state index is -0.508. The van der Waals surface area contributed by atoms with Crippen LogP contribution in [-0.4, -0.2) is 18.4 Å². The second-order valence-corrected chi connectivity index (χ2v) is 6.75. The molecule has 30 heavy (non-hydrogen) atoms. The fraction of sp³-hybridized carbons (Fsp3) is 0.0833. The van der Waals surface area contributed by atoms with Gasteiger partial charge in [0.2, 0.25) is 5.91 Å². The number of nitrogens with one attached hydrogen (secondary N) is 1. The third-order valence-corrected chi connectivity index (χ3v) is 4.66. The molecule has 5 nitrogen and oxygen atoms in total. The molecule has 3 aromatic carbocycles.